The second kappa shape index (κ2) is 6.52. The molecule has 1 aromatic rings. The first-order valence-electron chi connectivity index (χ1n) is 7.38. The molecule has 0 radical (unpaired) electrons. The van der Waals surface area contributed by atoms with Crippen molar-refractivity contribution in [1.29, 1.82) is 0 Å². The third kappa shape index (κ3) is 4.10. The van der Waals surface area contributed by atoms with Crippen LogP contribution < -0.4 is 10.2 Å². The van der Waals surface area contributed by atoms with Gasteiger partial charge < -0.3 is 10.2 Å². The molecule has 1 N–H and O–H groups in total. The van der Waals surface area contributed by atoms with Gasteiger partial charge in [-0.15, -0.1) is 11.3 Å². The number of thiazole rings is 1. The van der Waals surface area contributed by atoms with Crippen LogP contribution in [0.5, 0.6) is 0 Å². The minimum absolute atomic E-state index is 0.184. The van der Waals surface area contributed by atoms with E-state index in [2.05, 4.69) is 10.3 Å². The number of nitrogens with zero attached hydrogens (tertiary/aromatic N) is 2. The van der Waals surface area contributed by atoms with Gasteiger partial charge in [-0.25, -0.2) is 4.98 Å². The second-order valence-corrected chi connectivity index (χ2v) is 6.71. The average Bonchev–Trinajstić information content (AvgIpc) is 2.79. The van der Waals surface area contributed by atoms with Crippen LogP contribution in [-0.2, 0) is 6.42 Å². The number of aromatic nitrogens is 1. The van der Waals surface area contributed by atoms with Gasteiger partial charge in [0, 0.05) is 10.9 Å². The highest BCUT2D eigenvalue weighted by molar-refractivity contribution is 7.15. The Balaban J connectivity index is 2.27. The number of hydrogen-bond acceptors (Lipinski definition) is 4. The fraction of sp³-hybridized carbons (Fsp3) is 0.786. The van der Waals surface area contributed by atoms with Crippen LogP contribution >= 0.6 is 11.3 Å². The zero-order valence-electron chi connectivity index (χ0n) is 12.6. The van der Waals surface area contributed by atoms with E-state index in [1.165, 1.54) is 16.2 Å². The van der Waals surface area contributed by atoms with Crippen LogP contribution in [0, 0.1) is 0 Å². The molecule has 1 aliphatic rings. The molecule has 0 saturated carbocycles. The van der Waals surface area contributed by atoms with E-state index in [4.69, 9.17) is 0 Å². The van der Waals surface area contributed by atoms with Gasteiger partial charge in [0.2, 0.25) is 0 Å². The molecule has 1 aliphatic carbocycles. The van der Waals surface area contributed by atoms with Crippen LogP contribution in [0.3, 0.4) is 0 Å². The zero-order valence-corrected chi connectivity index (χ0v) is 13.4. The fourth-order valence-electron chi connectivity index (χ4n) is 2.64. The van der Waals surface area contributed by atoms with E-state index in [0.717, 1.165) is 36.4 Å². The van der Waals surface area contributed by atoms with E-state index in [1.807, 2.05) is 6.92 Å². The number of nitrogens with one attached hydrogen (secondary N) is 1. The standard InChI is InChI=1S/C14H22F3N3S/c1-4-18-10-6-5-7-11-12(10)19-13(21-11)20(9(2)3)8-14(15,16)17/h9-10,18H,4-8H2,1-3H3. The lowest BCUT2D eigenvalue weighted by Crippen LogP contribution is -2.39. The molecule has 7 heteroatoms. The van der Waals surface area contributed by atoms with E-state index >= 15 is 0 Å². The normalized spacial score (nSPS) is 18.9. The maximum atomic E-state index is 12.8. The number of rotatable bonds is 5. The summed E-state index contributed by atoms with van der Waals surface area (Å²) >= 11 is 1.42. The van der Waals surface area contributed by atoms with Gasteiger partial charge in [0.15, 0.2) is 5.13 Å². The van der Waals surface area contributed by atoms with Crippen molar-refractivity contribution in [2.45, 2.75) is 58.3 Å². The summed E-state index contributed by atoms with van der Waals surface area (Å²) in [5.74, 6) is 0. The van der Waals surface area contributed by atoms with E-state index in [0.29, 0.717) is 5.13 Å². The molecule has 21 heavy (non-hydrogen) atoms. The molecule has 2 rings (SSSR count). The first-order chi connectivity index (χ1) is 9.81. The third-order valence-electron chi connectivity index (χ3n) is 3.61. The third-order valence-corrected chi connectivity index (χ3v) is 4.78. The number of aryl methyl sites for hydroxylation is 1. The lowest BCUT2D eigenvalue weighted by molar-refractivity contribution is -0.120. The monoisotopic (exact) mass is 321 g/mol. The summed E-state index contributed by atoms with van der Waals surface area (Å²) < 4.78 is 38.3. The van der Waals surface area contributed by atoms with E-state index in [9.17, 15) is 13.2 Å². The maximum Gasteiger partial charge on any atom is 0.406 e. The van der Waals surface area contributed by atoms with Gasteiger partial charge in [-0.2, -0.15) is 13.2 Å². The molecule has 120 valence electrons. The number of anilines is 1. The largest absolute Gasteiger partial charge is 0.406 e. The quantitative estimate of drug-likeness (QED) is 0.891. The van der Waals surface area contributed by atoms with Gasteiger partial charge >= 0.3 is 6.18 Å². The highest BCUT2D eigenvalue weighted by atomic mass is 32.1. The smallest absolute Gasteiger partial charge is 0.337 e. The summed E-state index contributed by atoms with van der Waals surface area (Å²) in [5, 5.41) is 3.87. The van der Waals surface area contributed by atoms with Crippen LogP contribution in [-0.4, -0.2) is 30.3 Å². The Hall–Kier alpha value is -0.820. The van der Waals surface area contributed by atoms with E-state index in [-0.39, 0.29) is 12.1 Å². The zero-order chi connectivity index (χ0) is 15.6. The predicted molar refractivity (Wildman–Crippen MR) is 80.0 cm³/mol. The van der Waals surface area contributed by atoms with Crippen LogP contribution in [0.15, 0.2) is 0 Å². The SMILES string of the molecule is CCNC1CCCc2sc(N(CC(F)(F)F)C(C)C)nc21. The first-order valence-corrected chi connectivity index (χ1v) is 8.20. The molecule has 1 unspecified atom stereocenters. The predicted octanol–water partition coefficient (Wildman–Crippen LogP) is 3.91. The van der Waals surface area contributed by atoms with Crippen LogP contribution in [0.2, 0.25) is 0 Å². The number of halogens is 3. The molecule has 0 aromatic carbocycles. The molecule has 0 aliphatic heterocycles. The van der Waals surface area contributed by atoms with E-state index < -0.39 is 12.7 Å². The minimum atomic E-state index is -4.21. The molecule has 1 atom stereocenters. The Morgan fingerprint density at radius 3 is 2.71 bits per heavy atom. The highest BCUT2D eigenvalue weighted by Crippen LogP contribution is 2.38. The first kappa shape index (κ1) is 16.5. The van der Waals surface area contributed by atoms with Crippen molar-refractivity contribution in [3.63, 3.8) is 0 Å². The molecule has 0 bridgehead atoms. The molecule has 1 heterocycles. The molecule has 0 fully saturated rings. The summed E-state index contributed by atoms with van der Waals surface area (Å²) in [6, 6.07) is -0.0412. The lowest BCUT2D eigenvalue weighted by atomic mass is 9.98. The molecular weight excluding hydrogens is 299 g/mol. The van der Waals surface area contributed by atoms with Crippen molar-refractivity contribution in [3.8, 4) is 0 Å². The summed E-state index contributed by atoms with van der Waals surface area (Å²) in [4.78, 5) is 7.03. The second-order valence-electron chi connectivity index (χ2n) is 5.64. The molecule has 3 nitrogen and oxygen atoms in total. The van der Waals surface area contributed by atoms with Crippen LogP contribution in [0.1, 0.15) is 50.2 Å². The van der Waals surface area contributed by atoms with Crippen LogP contribution in [0.25, 0.3) is 0 Å². The van der Waals surface area contributed by atoms with Crippen molar-refractivity contribution in [2.24, 2.45) is 0 Å². The Morgan fingerprint density at radius 2 is 2.14 bits per heavy atom. The maximum absolute atomic E-state index is 12.8. The van der Waals surface area contributed by atoms with Gasteiger partial charge in [0.25, 0.3) is 0 Å². The molecule has 0 amide bonds. The van der Waals surface area contributed by atoms with Crippen molar-refractivity contribution < 1.29 is 13.2 Å². The molecule has 1 aromatic heterocycles. The summed E-state index contributed by atoms with van der Waals surface area (Å²) in [7, 11) is 0. The number of fused-ring (bicyclic) bond motifs is 1. The van der Waals surface area contributed by atoms with Crippen molar-refractivity contribution >= 4 is 16.5 Å². The number of alkyl halides is 3. The lowest BCUT2D eigenvalue weighted by Gasteiger charge is -2.27. The van der Waals surface area contributed by atoms with Gasteiger partial charge in [-0.05, 0) is 39.7 Å². The Labute approximate surface area is 127 Å². The fourth-order valence-corrected chi connectivity index (χ4v) is 3.93. The molecule has 0 spiro atoms. The average molecular weight is 321 g/mol. The van der Waals surface area contributed by atoms with Crippen molar-refractivity contribution in [2.75, 3.05) is 18.0 Å². The Kier molecular flexibility index (Phi) is 5.14. The summed E-state index contributed by atoms with van der Waals surface area (Å²) in [6.45, 7) is 5.48. The highest BCUT2D eigenvalue weighted by Gasteiger charge is 2.34. The number of hydrogen-bond donors (Lipinski definition) is 1. The minimum Gasteiger partial charge on any atom is -0.337 e. The van der Waals surface area contributed by atoms with Gasteiger partial charge in [-0.1, -0.05) is 6.92 Å². The van der Waals surface area contributed by atoms with Crippen LogP contribution in [0.4, 0.5) is 18.3 Å². The summed E-state index contributed by atoms with van der Waals surface area (Å²) in [6.07, 6.45) is -1.22. The Morgan fingerprint density at radius 1 is 1.43 bits per heavy atom. The topological polar surface area (TPSA) is 28.2 Å². The molecule has 0 saturated heterocycles. The summed E-state index contributed by atoms with van der Waals surface area (Å²) in [5.41, 5.74) is 0.955. The van der Waals surface area contributed by atoms with E-state index in [1.54, 1.807) is 13.8 Å². The Bertz CT molecular complexity index is 471. The van der Waals surface area contributed by atoms with Crippen molar-refractivity contribution in [3.05, 3.63) is 10.6 Å². The van der Waals surface area contributed by atoms with Gasteiger partial charge in [-0.3, -0.25) is 0 Å². The van der Waals surface area contributed by atoms with Gasteiger partial charge in [0.1, 0.15) is 6.54 Å². The molecular formula is C14H22F3N3S. The van der Waals surface area contributed by atoms with Crippen molar-refractivity contribution in [1.82, 2.24) is 10.3 Å². The van der Waals surface area contributed by atoms with Gasteiger partial charge in [0.05, 0.1) is 11.7 Å².